The number of amides is 1. The zero-order valence-electron chi connectivity index (χ0n) is 13.1. The number of morpholine rings is 1. The van der Waals surface area contributed by atoms with Crippen molar-refractivity contribution in [3.8, 4) is 0 Å². The van der Waals surface area contributed by atoms with Crippen molar-refractivity contribution in [1.82, 2.24) is 14.8 Å². The molecule has 2 fully saturated rings. The van der Waals surface area contributed by atoms with Crippen LogP contribution in [0.5, 0.6) is 0 Å². The number of ether oxygens (including phenoxy) is 1. The summed E-state index contributed by atoms with van der Waals surface area (Å²) in [5.74, 6) is -1.20. The normalized spacial score (nSPS) is 25.5. The molecule has 0 spiro atoms. The van der Waals surface area contributed by atoms with Crippen LogP contribution >= 0.6 is 0 Å². The summed E-state index contributed by atoms with van der Waals surface area (Å²) in [5, 5.41) is 8.90. The lowest BCUT2D eigenvalue weighted by atomic mass is 10.0. The van der Waals surface area contributed by atoms with Gasteiger partial charge in [0.05, 0.1) is 24.8 Å². The zero-order chi connectivity index (χ0) is 16.4. The van der Waals surface area contributed by atoms with Crippen molar-refractivity contribution in [2.45, 2.75) is 24.9 Å². The molecule has 2 unspecified atom stereocenters. The molecule has 0 radical (unpaired) electrons. The van der Waals surface area contributed by atoms with Crippen LogP contribution in [0.25, 0.3) is 0 Å². The van der Waals surface area contributed by atoms with E-state index in [1.807, 2.05) is 4.90 Å². The molecule has 0 aromatic carbocycles. The maximum Gasteiger partial charge on any atom is 0.354 e. The second-order valence-corrected chi connectivity index (χ2v) is 6.07. The van der Waals surface area contributed by atoms with Gasteiger partial charge in [-0.2, -0.15) is 0 Å². The third-order valence-electron chi connectivity index (χ3n) is 4.68. The zero-order valence-corrected chi connectivity index (χ0v) is 13.1. The summed E-state index contributed by atoms with van der Waals surface area (Å²) in [7, 11) is 2.08. The van der Waals surface area contributed by atoms with Crippen molar-refractivity contribution in [3.05, 3.63) is 29.6 Å². The highest BCUT2D eigenvalue weighted by Crippen LogP contribution is 2.25. The minimum atomic E-state index is -1.10. The molecule has 7 heteroatoms. The first-order chi connectivity index (χ1) is 11.1. The third-order valence-corrected chi connectivity index (χ3v) is 4.68. The highest BCUT2D eigenvalue weighted by molar-refractivity contribution is 5.95. The number of rotatable bonds is 3. The Balaban J connectivity index is 1.79. The number of carboxylic acid groups (broad SMARTS) is 1. The molecule has 7 nitrogen and oxygen atoms in total. The van der Waals surface area contributed by atoms with Crippen molar-refractivity contribution >= 4 is 11.9 Å². The van der Waals surface area contributed by atoms with Gasteiger partial charge in [0, 0.05) is 18.8 Å². The Labute approximate surface area is 134 Å². The Morgan fingerprint density at radius 3 is 2.74 bits per heavy atom. The van der Waals surface area contributed by atoms with Crippen LogP contribution < -0.4 is 0 Å². The molecule has 2 aliphatic heterocycles. The maximum absolute atomic E-state index is 12.8. The molecule has 2 aliphatic rings. The van der Waals surface area contributed by atoms with E-state index in [0.717, 1.165) is 19.4 Å². The molecule has 0 aliphatic carbocycles. The van der Waals surface area contributed by atoms with E-state index in [-0.39, 0.29) is 17.6 Å². The quantitative estimate of drug-likeness (QED) is 0.884. The fraction of sp³-hybridized carbons (Fsp3) is 0.562. The minimum absolute atomic E-state index is 0.0305. The number of hydrogen-bond donors (Lipinski definition) is 1. The SMILES string of the molecule is CN1CCCC1C1COCCN1C(=O)c1ccc(C(=O)O)nc1. The summed E-state index contributed by atoms with van der Waals surface area (Å²) < 4.78 is 5.60. The van der Waals surface area contributed by atoms with Gasteiger partial charge in [0.2, 0.25) is 0 Å². The largest absolute Gasteiger partial charge is 0.477 e. The molecule has 0 saturated carbocycles. The first-order valence-electron chi connectivity index (χ1n) is 7.86. The fourth-order valence-electron chi connectivity index (χ4n) is 3.43. The Hall–Kier alpha value is -1.99. The van der Waals surface area contributed by atoms with Gasteiger partial charge in [-0.15, -0.1) is 0 Å². The van der Waals surface area contributed by atoms with E-state index in [4.69, 9.17) is 9.84 Å². The molecule has 1 amide bonds. The van der Waals surface area contributed by atoms with Crippen LogP contribution in [-0.4, -0.2) is 77.2 Å². The standard InChI is InChI=1S/C16H21N3O4/c1-18-6-2-3-13(18)14-10-23-8-7-19(14)15(20)11-4-5-12(16(21)22)17-9-11/h4-5,9,13-14H,2-3,6-8,10H2,1H3,(H,21,22). The molecular weight excluding hydrogens is 298 g/mol. The van der Waals surface area contributed by atoms with Gasteiger partial charge in [0.15, 0.2) is 0 Å². The second kappa shape index (κ2) is 6.64. The molecule has 3 rings (SSSR count). The first-order valence-corrected chi connectivity index (χ1v) is 7.86. The molecule has 3 heterocycles. The molecule has 2 atom stereocenters. The van der Waals surface area contributed by atoms with Crippen molar-refractivity contribution in [3.63, 3.8) is 0 Å². The van der Waals surface area contributed by atoms with Gasteiger partial charge in [-0.25, -0.2) is 9.78 Å². The number of carbonyl (C=O) groups is 2. The van der Waals surface area contributed by atoms with Gasteiger partial charge < -0.3 is 19.6 Å². The van der Waals surface area contributed by atoms with Crippen molar-refractivity contribution in [2.24, 2.45) is 0 Å². The predicted octanol–water partition coefficient (Wildman–Crippen LogP) is 0.715. The fourth-order valence-corrected chi connectivity index (χ4v) is 3.43. The third kappa shape index (κ3) is 3.20. The number of pyridine rings is 1. The molecule has 1 N–H and O–H groups in total. The highest BCUT2D eigenvalue weighted by Gasteiger charge is 2.37. The summed E-state index contributed by atoms with van der Waals surface area (Å²) in [6, 6.07) is 3.24. The summed E-state index contributed by atoms with van der Waals surface area (Å²) in [6.07, 6.45) is 3.54. The smallest absolute Gasteiger partial charge is 0.354 e. The number of carbonyl (C=O) groups excluding carboxylic acids is 1. The van der Waals surface area contributed by atoms with E-state index in [1.54, 1.807) is 0 Å². The first kappa shape index (κ1) is 15.9. The van der Waals surface area contributed by atoms with E-state index in [0.29, 0.717) is 31.4 Å². The number of hydrogen-bond acceptors (Lipinski definition) is 5. The molecule has 1 aromatic rings. The van der Waals surface area contributed by atoms with Crippen LogP contribution in [0.1, 0.15) is 33.7 Å². The number of carboxylic acids is 1. The predicted molar refractivity (Wildman–Crippen MR) is 82.5 cm³/mol. The Bertz CT molecular complexity index is 589. The summed E-state index contributed by atoms with van der Waals surface area (Å²) in [6.45, 7) is 2.66. The lowest BCUT2D eigenvalue weighted by Crippen LogP contribution is -2.56. The van der Waals surface area contributed by atoms with Gasteiger partial charge in [0.25, 0.3) is 5.91 Å². The Kier molecular flexibility index (Phi) is 4.58. The monoisotopic (exact) mass is 319 g/mol. The summed E-state index contributed by atoms with van der Waals surface area (Å²) >= 11 is 0. The van der Waals surface area contributed by atoms with Crippen molar-refractivity contribution in [1.29, 1.82) is 0 Å². The van der Waals surface area contributed by atoms with Gasteiger partial charge in [-0.05, 0) is 38.6 Å². The van der Waals surface area contributed by atoms with Crippen LogP contribution in [0.3, 0.4) is 0 Å². The molecule has 124 valence electrons. The van der Waals surface area contributed by atoms with Crippen molar-refractivity contribution in [2.75, 3.05) is 33.4 Å². The molecule has 1 aromatic heterocycles. The average Bonchev–Trinajstić information content (AvgIpc) is 3.00. The number of likely N-dealkylation sites (N-methyl/N-ethyl adjacent to an activating group) is 1. The Morgan fingerprint density at radius 1 is 1.30 bits per heavy atom. The molecule has 23 heavy (non-hydrogen) atoms. The second-order valence-electron chi connectivity index (χ2n) is 6.07. The van der Waals surface area contributed by atoms with Crippen LogP contribution in [0.2, 0.25) is 0 Å². The van der Waals surface area contributed by atoms with Crippen molar-refractivity contribution < 1.29 is 19.4 Å². The van der Waals surface area contributed by atoms with E-state index in [1.165, 1.54) is 18.3 Å². The lowest BCUT2D eigenvalue weighted by Gasteiger charge is -2.41. The van der Waals surface area contributed by atoms with E-state index >= 15 is 0 Å². The molecule has 2 saturated heterocycles. The summed E-state index contributed by atoms with van der Waals surface area (Å²) in [4.78, 5) is 31.7. The summed E-state index contributed by atoms with van der Waals surface area (Å²) in [5.41, 5.74) is 0.359. The van der Waals surface area contributed by atoms with E-state index in [9.17, 15) is 9.59 Å². The van der Waals surface area contributed by atoms with Crippen LogP contribution in [0.4, 0.5) is 0 Å². The number of aromatic nitrogens is 1. The topological polar surface area (TPSA) is 83.0 Å². The molecular formula is C16H21N3O4. The van der Waals surface area contributed by atoms with Gasteiger partial charge in [-0.1, -0.05) is 0 Å². The van der Waals surface area contributed by atoms with Gasteiger partial charge >= 0.3 is 5.97 Å². The minimum Gasteiger partial charge on any atom is -0.477 e. The lowest BCUT2D eigenvalue weighted by molar-refractivity contribution is -0.0233. The highest BCUT2D eigenvalue weighted by atomic mass is 16.5. The van der Waals surface area contributed by atoms with Gasteiger partial charge in [0.1, 0.15) is 5.69 Å². The molecule has 0 bridgehead atoms. The number of aromatic carboxylic acids is 1. The van der Waals surface area contributed by atoms with Crippen LogP contribution in [0, 0.1) is 0 Å². The number of likely N-dealkylation sites (tertiary alicyclic amines) is 1. The van der Waals surface area contributed by atoms with E-state index in [2.05, 4.69) is 16.9 Å². The van der Waals surface area contributed by atoms with E-state index < -0.39 is 5.97 Å². The Morgan fingerprint density at radius 2 is 2.13 bits per heavy atom. The van der Waals surface area contributed by atoms with Gasteiger partial charge in [-0.3, -0.25) is 4.79 Å². The van der Waals surface area contributed by atoms with Crippen LogP contribution in [0.15, 0.2) is 18.3 Å². The average molecular weight is 319 g/mol. The number of nitrogens with zero attached hydrogens (tertiary/aromatic N) is 3. The maximum atomic E-state index is 12.8. The van der Waals surface area contributed by atoms with Crippen LogP contribution in [-0.2, 0) is 4.74 Å².